The van der Waals surface area contributed by atoms with Gasteiger partial charge in [-0.3, -0.25) is 9.38 Å². The zero-order valence-corrected chi connectivity index (χ0v) is 7.81. The minimum absolute atomic E-state index is 0.598. The van der Waals surface area contributed by atoms with Gasteiger partial charge in [0.1, 0.15) is 5.82 Å². The van der Waals surface area contributed by atoms with Crippen LogP contribution in [0.25, 0.3) is 5.65 Å². The molecule has 0 amide bonds. The molecule has 68 valence electrons. The van der Waals surface area contributed by atoms with E-state index in [9.17, 15) is 0 Å². The van der Waals surface area contributed by atoms with Crippen LogP contribution < -0.4 is 0 Å². The maximum absolute atomic E-state index is 4.11. The minimum atomic E-state index is 0.598. The van der Waals surface area contributed by atoms with E-state index >= 15 is 0 Å². The molecule has 0 bridgehead atoms. The highest BCUT2D eigenvalue weighted by Gasteiger charge is 2.05. The molecule has 4 nitrogen and oxygen atoms in total. The van der Waals surface area contributed by atoms with Crippen LogP contribution in [-0.2, 0) is 6.42 Å². The number of nitrogens with zero attached hydrogens (tertiary/aromatic N) is 4. The number of hydrogen-bond donors (Lipinski definition) is 0. The summed E-state index contributed by atoms with van der Waals surface area (Å²) in [6.45, 7) is 4.34. The molecule has 0 spiro atoms. The molecule has 2 rings (SSSR count). The lowest BCUT2D eigenvalue weighted by molar-refractivity contribution is 0.616. The summed E-state index contributed by atoms with van der Waals surface area (Å²) in [6.07, 6.45) is 6.31. The standard InChI is InChI=1S/C9H12N4/c1-7(2)5-8-11-12-9-6-10-3-4-13(8)9/h3-4,6-7H,5H2,1-2H3. The summed E-state index contributed by atoms with van der Waals surface area (Å²) >= 11 is 0. The Kier molecular flexibility index (Phi) is 1.96. The van der Waals surface area contributed by atoms with Crippen LogP contribution in [0.3, 0.4) is 0 Å². The van der Waals surface area contributed by atoms with Crippen molar-refractivity contribution in [2.24, 2.45) is 5.92 Å². The molecule has 0 atom stereocenters. The van der Waals surface area contributed by atoms with E-state index in [1.165, 1.54) is 0 Å². The third-order valence-corrected chi connectivity index (χ3v) is 1.88. The Balaban J connectivity index is 2.46. The Morgan fingerprint density at radius 2 is 2.23 bits per heavy atom. The summed E-state index contributed by atoms with van der Waals surface area (Å²) in [6, 6.07) is 0. The molecular weight excluding hydrogens is 164 g/mol. The van der Waals surface area contributed by atoms with Gasteiger partial charge < -0.3 is 0 Å². The fourth-order valence-corrected chi connectivity index (χ4v) is 1.31. The van der Waals surface area contributed by atoms with E-state index in [0.29, 0.717) is 5.92 Å². The van der Waals surface area contributed by atoms with Crippen LogP contribution in [0.4, 0.5) is 0 Å². The maximum atomic E-state index is 4.11. The van der Waals surface area contributed by atoms with Gasteiger partial charge in [0.05, 0.1) is 6.20 Å². The van der Waals surface area contributed by atoms with Crippen LogP contribution in [0, 0.1) is 5.92 Å². The van der Waals surface area contributed by atoms with Crippen LogP contribution in [0.1, 0.15) is 19.7 Å². The Labute approximate surface area is 76.6 Å². The first-order valence-electron chi connectivity index (χ1n) is 4.41. The molecule has 0 saturated heterocycles. The molecule has 0 aliphatic heterocycles. The maximum Gasteiger partial charge on any atom is 0.179 e. The van der Waals surface area contributed by atoms with Crippen molar-refractivity contribution in [3.63, 3.8) is 0 Å². The molecule has 13 heavy (non-hydrogen) atoms. The summed E-state index contributed by atoms with van der Waals surface area (Å²) < 4.78 is 1.98. The monoisotopic (exact) mass is 176 g/mol. The number of fused-ring (bicyclic) bond motifs is 1. The largest absolute Gasteiger partial charge is 0.284 e. The van der Waals surface area contributed by atoms with Crippen LogP contribution in [0.2, 0.25) is 0 Å². The predicted molar refractivity (Wildman–Crippen MR) is 49.3 cm³/mol. The van der Waals surface area contributed by atoms with Gasteiger partial charge in [-0.2, -0.15) is 0 Å². The molecule has 4 heteroatoms. The summed E-state index contributed by atoms with van der Waals surface area (Å²) in [7, 11) is 0. The van der Waals surface area contributed by atoms with Crippen molar-refractivity contribution < 1.29 is 0 Å². The van der Waals surface area contributed by atoms with Gasteiger partial charge in [-0.25, -0.2) is 0 Å². The van der Waals surface area contributed by atoms with Crippen molar-refractivity contribution in [2.75, 3.05) is 0 Å². The normalized spacial score (nSPS) is 11.3. The summed E-state index contributed by atoms with van der Waals surface area (Å²) in [5.74, 6) is 1.60. The van der Waals surface area contributed by atoms with Gasteiger partial charge in [-0.05, 0) is 5.92 Å². The number of rotatable bonds is 2. The second kappa shape index (κ2) is 3.12. The number of hydrogen-bond acceptors (Lipinski definition) is 3. The Morgan fingerprint density at radius 3 is 3.00 bits per heavy atom. The highest BCUT2D eigenvalue weighted by molar-refractivity contribution is 5.33. The van der Waals surface area contributed by atoms with Crippen LogP contribution in [0.15, 0.2) is 18.6 Å². The molecule has 0 aliphatic carbocycles. The predicted octanol–water partition coefficient (Wildman–Crippen LogP) is 1.32. The van der Waals surface area contributed by atoms with Gasteiger partial charge in [0, 0.05) is 18.8 Å². The summed E-state index contributed by atoms with van der Waals surface area (Å²) in [5.41, 5.74) is 0.818. The molecule has 0 fully saturated rings. The molecule has 2 aromatic rings. The molecule has 0 aromatic carbocycles. The molecule has 2 heterocycles. The van der Waals surface area contributed by atoms with Gasteiger partial charge in [0.2, 0.25) is 0 Å². The Hall–Kier alpha value is -1.45. The lowest BCUT2D eigenvalue weighted by atomic mass is 10.1. The van der Waals surface area contributed by atoms with Crippen molar-refractivity contribution in [1.29, 1.82) is 0 Å². The molecule has 0 radical (unpaired) electrons. The van der Waals surface area contributed by atoms with E-state index in [1.807, 2.05) is 10.6 Å². The van der Waals surface area contributed by atoms with Crippen molar-refractivity contribution in [3.8, 4) is 0 Å². The van der Waals surface area contributed by atoms with Crippen molar-refractivity contribution in [1.82, 2.24) is 19.6 Å². The number of aromatic nitrogens is 4. The minimum Gasteiger partial charge on any atom is -0.284 e. The quantitative estimate of drug-likeness (QED) is 0.693. The zero-order chi connectivity index (χ0) is 9.26. The summed E-state index contributed by atoms with van der Waals surface area (Å²) in [5, 5.41) is 8.13. The highest BCUT2D eigenvalue weighted by atomic mass is 15.2. The average Bonchev–Trinajstić information content (AvgIpc) is 2.48. The molecule has 2 aromatic heterocycles. The van der Waals surface area contributed by atoms with Gasteiger partial charge in [-0.1, -0.05) is 13.8 Å². The fraction of sp³-hybridized carbons (Fsp3) is 0.444. The smallest absolute Gasteiger partial charge is 0.179 e. The first-order chi connectivity index (χ1) is 6.27. The van der Waals surface area contributed by atoms with Crippen LogP contribution >= 0.6 is 0 Å². The molecule has 0 N–H and O–H groups in total. The van der Waals surface area contributed by atoms with Crippen molar-refractivity contribution in [3.05, 3.63) is 24.4 Å². The Bertz CT molecular complexity index is 405. The van der Waals surface area contributed by atoms with E-state index in [4.69, 9.17) is 0 Å². The van der Waals surface area contributed by atoms with E-state index in [0.717, 1.165) is 17.9 Å². The van der Waals surface area contributed by atoms with Gasteiger partial charge in [0.25, 0.3) is 0 Å². The van der Waals surface area contributed by atoms with Crippen LogP contribution in [-0.4, -0.2) is 19.6 Å². The first-order valence-corrected chi connectivity index (χ1v) is 4.41. The highest BCUT2D eigenvalue weighted by Crippen LogP contribution is 2.06. The molecule has 0 saturated carbocycles. The van der Waals surface area contributed by atoms with Gasteiger partial charge >= 0.3 is 0 Å². The lowest BCUT2D eigenvalue weighted by Crippen LogP contribution is -2.00. The SMILES string of the molecule is CC(C)Cc1nnc2cnccn12. The van der Waals surface area contributed by atoms with Crippen molar-refractivity contribution >= 4 is 5.65 Å². The topological polar surface area (TPSA) is 43.1 Å². The third-order valence-electron chi connectivity index (χ3n) is 1.88. The first kappa shape index (κ1) is 8.16. The third kappa shape index (κ3) is 1.52. The Morgan fingerprint density at radius 1 is 1.38 bits per heavy atom. The van der Waals surface area contributed by atoms with E-state index in [-0.39, 0.29) is 0 Å². The van der Waals surface area contributed by atoms with E-state index in [1.54, 1.807) is 12.4 Å². The van der Waals surface area contributed by atoms with Gasteiger partial charge in [0.15, 0.2) is 5.65 Å². The summed E-state index contributed by atoms with van der Waals surface area (Å²) in [4.78, 5) is 3.98. The van der Waals surface area contributed by atoms with Crippen molar-refractivity contribution in [2.45, 2.75) is 20.3 Å². The van der Waals surface area contributed by atoms with E-state index < -0.39 is 0 Å². The van der Waals surface area contributed by atoms with Gasteiger partial charge in [-0.15, -0.1) is 10.2 Å². The second-order valence-corrected chi connectivity index (χ2v) is 3.52. The molecule has 0 unspecified atom stereocenters. The second-order valence-electron chi connectivity index (χ2n) is 3.52. The lowest BCUT2D eigenvalue weighted by Gasteiger charge is -2.01. The van der Waals surface area contributed by atoms with E-state index in [2.05, 4.69) is 29.0 Å². The zero-order valence-electron chi connectivity index (χ0n) is 7.81. The average molecular weight is 176 g/mol. The molecule has 0 aliphatic rings. The molecular formula is C9H12N4. The van der Waals surface area contributed by atoms with Crippen LogP contribution in [0.5, 0.6) is 0 Å². The fourth-order valence-electron chi connectivity index (χ4n) is 1.31.